The van der Waals surface area contributed by atoms with Gasteiger partial charge in [0, 0.05) is 0 Å². The number of sulfonamides is 1. The van der Waals surface area contributed by atoms with Crippen molar-refractivity contribution in [1.29, 1.82) is 0 Å². The van der Waals surface area contributed by atoms with E-state index >= 15 is 0 Å². The number of nitrogens with two attached hydrogens (primary N) is 1. The van der Waals surface area contributed by atoms with E-state index in [4.69, 9.17) is 10.5 Å². The van der Waals surface area contributed by atoms with Crippen molar-refractivity contribution in [2.45, 2.75) is 4.90 Å². The largest absolute Gasteiger partial charge is 0.497 e. The highest BCUT2D eigenvalue weighted by atomic mass is 32.2. The average molecular weight is 279 g/mol. The quantitative estimate of drug-likeness (QED) is 0.883. The molecule has 19 heavy (non-hydrogen) atoms. The summed E-state index contributed by atoms with van der Waals surface area (Å²) < 4.78 is 31.5. The Morgan fingerprint density at radius 2 is 1.84 bits per heavy atom. The summed E-state index contributed by atoms with van der Waals surface area (Å²) in [4.78, 5) is 4.00. The smallest absolute Gasteiger partial charge is 0.263 e. The monoisotopic (exact) mass is 279 g/mol. The molecule has 2 rings (SSSR count). The molecule has 0 spiro atoms. The fourth-order valence-electron chi connectivity index (χ4n) is 1.46. The van der Waals surface area contributed by atoms with Crippen LogP contribution in [0.1, 0.15) is 0 Å². The highest BCUT2D eigenvalue weighted by Crippen LogP contribution is 2.18. The molecule has 3 N–H and O–H groups in total. The zero-order valence-corrected chi connectivity index (χ0v) is 11.0. The zero-order valence-electron chi connectivity index (χ0n) is 10.2. The fraction of sp³-hybridized carbons (Fsp3) is 0.0833. The van der Waals surface area contributed by atoms with Crippen LogP contribution in [0.15, 0.2) is 47.4 Å². The van der Waals surface area contributed by atoms with Crippen LogP contribution in [-0.2, 0) is 10.0 Å². The molecule has 0 aliphatic rings. The van der Waals surface area contributed by atoms with Gasteiger partial charge in [0.25, 0.3) is 10.0 Å². The Hall–Kier alpha value is -2.28. The van der Waals surface area contributed by atoms with Crippen LogP contribution in [0.25, 0.3) is 0 Å². The third-order valence-corrected chi connectivity index (χ3v) is 3.75. The Morgan fingerprint density at radius 3 is 2.42 bits per heavy atom. The molecule has 0 saturated carbocycles. The molecule has 0 amide bonds. The molecule has 1 aromatic heterocycles. The van der Waals surface area contributed by atoms with Crippen LogP contribution < -0.4 is 15.2 Å². The maximum Gasteiger partial charge on any atom is 0.263 e. The van der Waals surface area contributed by atoms with Crippen LogP contribution in [0.4, 0.5) is 11.6 Å². The number of benzene rings is 1. The van der Waals surface area contributed by atoms with Crippen molar-refractivity contribution >= 4 is 21.7 Å². The Bertz CT molecular complexity index is 669. The van der Waals surface area contributed by atoms with Crippen molar-refractivity contribution in [2.24, 2.45) is 0 Å². The third kappa shape index (κ3) is 3.14. The van der Waals surface area contributed by atoms with Gasteiger partial charge in [-0.25, -0.2) is 13.4 Å². The minimum Gasteiger partial charge on any atom is -0.497 e. The van der Waals surface area contributed by atoms with Crippen molar-refractivity contribution in [2.75, 3.05) is 17.6 Å². The van der Waals surface area contributed by atoms with Gasteiger partial charge in [-0.05, 0) is 36.4 Å². The number of nitrogens with zero attached hydrogens (tertiary/aromatic N) is 1. The van der Waals surface area contributed by atoms with Crippen molar-refractivity contribution < 1.29 is 13.2 Å². The molecule has 0 saturated heterocycles. The first-order valence-corrected chi connectivity index (χ1v) is 6.89. The van der Waals surface area contributed by atoms with Crippen LogP contribution in [0.3, 0.4) is 0 Å². The highest BCUT2D eigenvalue weighted by molar-refractivity contribution is 7.92. The molecule has 100 valence electrons. The van der Waals surface area contributed by atoms with Gasteiger partial charge >= 0.3 is 0 Å². The molecule has 1 heterocycles. The maximum atomic E-state index is 12.1. The zero-order chi connectivity index (χ0) is 13.9. The molecular weight excluding hydrogens is 266 g/mol. The summed E-state index contributed by atoms with van der Waals surface area (Å²) >= 11 is 0. The summed E-state index contributed by atoms with van der Waals surface area (Å²) in [5.74, 6) is 1.01. The molecule has 0 aliphatic heterocycles. The van der Waals surface area contributed by atoms with E-state index in [2.05, 4.69) is 9.71 Å². The lowest BCUT2D eigenvalue weighted by molar-refractivity contribution is 0.414. The normalized spacial score (nSPS) is 11.0. The van der Waals surface area contributed by atoms with Crippen LogP contribution in [-0.4, -0.2) is 20.5 Å². The first-order chi connectivity index (χ1) is 9.01. The molecule has 7 heteroatoms. The number of hydrogen-bond donors (Lipinski definition) is 2. The van der Waals surface area contributed by atoms with Gasteiger partial charge in [0.2, 0.25) is 0 Å². The number of ether oxygens (including phenoxy) is 1. The minimum absolute atomic E-state index is 0.123. The second-order valence-corrected chi connectivity index (χ2v) is 5.41. The summed E-state index contributed by atoms with van der Waals surface area (Å²) in [5, 5.41) is 0. The van der Waals surface area contributed by atoms with Gasteiger partial charge in [-0.15, -0.1) is 0 Å². The van der Waals surface area contributed by atoms with Crippen molar-refractivity contribution in [3.63, 3.8) is 0 Å². The maximum absolute atomic E-state index is 12.1. The predicted octanol–water partition coefficient (Wildman–Crippen LogP) is 1.47. The first-order valence-electron chi connectivity index (χ1n) is 5.41. The number of anilines is 2. The van der Waals surface area contributed by atoms with Gasteiger partial charge in [0.15, 0.2) is 0 Å². The van der Waals surface area contributed by atoms with E-state index in [-0.39, 0.29) is 16.5 Å². The molecule has 0 unspecified atom stereocenters. The number of methoxy groups -OCH3 is 1. The van der Waals surface area contributed by atoms with E-state index in [1.54, 1.807) is 24.3 Å². The Balaban J connectivity index is 2.27. The molecule has 0 aliphatic carbocycles. The van der Waals surface area contributed by atoms with Crippen molar-refractivity contribution in [1.82, 2.24) is 4.98 Å². The van der Waals surface area contributed by atoms with Gasteiger partial charge in [-0.1, -0.05) is 6.07 Å². The highest BCUT2D eigenvalue weighted by Gasteiger charge is 2.14. The van der Waals surface area contributed by atoms with Gasteiger partial charge in [-0.2, -0.15) is 0 Å². The van der Waals surface area contributed by atoms with Gasteiger partial charge < -0.3 is 10.5 Å². The van der Waals surface area contributed by atoms with Gasteiger partial charge in [0.05, 0.1) is 12.0 Å². The predicted molar refractivity (Wildman–Crippen MR) is 72.5 cm³/mol. The van der Waals surface area contributed by atoms with E-state index in [1.165, 1.54) is 25.3 Å². The topological polar surface area (TPSA) is 94.3 Å². The number of aromatic nitrogens is 1. The standard InChI is InChI=1S/C12H13N3O3S/c1-18-9-5-7-10(8-6-9)19(16,17)15-12-4-2-3-11(13)14-12/h2-8H,1H3,(H3,13,14,15). The van der Waals surface area contributed by atoms with E-state index in [0.717, 1.165) is 0 Å². The van der Waals surface area contributed by atoms with Crippen LogP contribution >= 0.6 is 0 Å². The molecule has 0 fully saturated rings. The lowest BCUT2D eigenvalue weighted by atomic mass is 10.3. The van der Waals surface area contributed by atoms with Crippen LogP contribution in [0.2, 0.25) is 0 Å². The number of hydrogen-bond acceptors (Lipinski definition) is 5. The first kappa shape index (κ1) is 13.2. The number of nitrogen functional groups attached to an aromatic ring is 1. The fourth-order valence-corrected chi connectivity index (χ4v) is 2.46. The summed E-state index contributed by atoms with van der Waals surface area (Å²) in [5.41, 5.74) is 5.49. The molecular formula is C12H13N3O3S. The SMILES string of the molecule is COc1ccc(S(=O)(=O)Nc2cccc(N)n2)cc1. The third-order valence-electron chi connectivity index (χ3n) is 2.38. The Morgan fingerprint density at radius 1 is 1.16 bits per heavy atom. The second-order valence-electron chi connectivity index (χ2n) is 3.73. The Kier molecular flexibility index (Phi) is 3.57. The number of nitrogens with one attached hydrogen (secondary N) is 1. The molecule has 0 bridgehead atoms. The lowest BCUT2D eigenvalue weighted by Gasteiger charge is -2.08. The number of rotatable bonds is 4. The van der Waals surface area contributed by atoms with Crippen LogP contribution in [0, 0.1) is 0 Å². The molecule has 1 aromatic carbocycles. The lowest BCUT2D eigenvalue weighted by Crippen LogP contribution is -2.14. The van der Waals surface area contributed by atoms with E-state index < -0.39 is 10.0 Å². The molecule has 0 radical (unpaired) electrons. The van der Waals surface area contributed by atoms with Gasteiger partial charge in [0.1, 0.15) is 17.4 Å². The van der Waals surface area contributed by atoms with E-state index in [1.807, 2.05) is 0 Å². The summed E-state index contributed by atoms with van der Waals surface area (Å²) in [6.45, 7) is 0. The second kappa shape index (κ2) is 5.15. The average Bonchev–Trinajstić information content (AvgIpc) is 2.38. The van der Waals surface area contributed by atoms with E-state index in [9.17, 15) is 8.42 Å². The summed E-state index contributed by atoms with van der Waals surface area (Å²) in [6.07, 6.45) is 0. The molecule has 2 aromatic rings. The minimum atomic E-state index is -3.68. The van der Waals surface area contributed by atoms with Crippen LogP contribution in [0.5, 0.6) is 5.75 Å². The number of pyridine rings is 1. The van der Waals surface area contributed by atoms with E-state index in [0.29, 0.717) is 5.75 Å². The van der Waals surface area contributed by atoms with Crippen molar-refractivity contribution in [3.8, 4) is 5.75 Å². The summed E-state index contributed by atoms with van der Waals surface area (Å²) in [6, 6.07) is 10.8. The molecule has 0 atom stereocenters. The van der Waals surface area contributed by atoms with Gasteiger partial charge in [-0.3, -0.25) is 4.72 Å². The summed E-state index contributed by atoms with van der Waals surface area (Å²) in [7, 11) is -2.17. The molecule has 6 nitrogen and oxygen atoms in total. The van der Waals surface area contributed by atoms with Crippen molar-refractivity contribution in [3.05, 3.63) is 42.5 Å². The Labute approximate surface area is 111 Å².